The molecule has 0 amide bonds. The van der Waals surface area contributed by atoms with Crippen molar-refractivity contribution < 1.29 is 14.5 Å². The van der Waals surface area contributed by atoms with E-state index in [2.05, 4.69) is 16.8 Å². The van der Waals surface area contributed by atoms with Crippen molar-refractivity contribution in [2.24, 2.45) is 0 Å². The molecule has 2 N–H and O–H groups in total. The van der Waals surface area contributed by atoms with Gasteiger partial charge in [0.15, 0.2) is 11.8 Å². The first-order chi connectivity index (χ1) is 13.2. The van der Waals surface area contributed by atoms with E-state index in [1.807, 2.05) is 39.0 Å². The number of Topliss-reactive ketones (excluding diaryl/α,β-unsaturated/α-hetero) is 2. The molecule has 2 heterocycles. The number of aryl methyl sites for hydroxylation is 2. The van der Waals surface area contributed by atoms with Crippen molar-refractivity contribution in [2.75, 3.05) is 31.1 Å². The number of anilines is 1. The number of benzene rings is 1. The van der Waals surface area contributed by atoms with E-state index in [9.17, 15) is 9.59 Å². The molecule has 0 spiro atoms. The number of quaternary nitrogens is 1. The number of nitrogens with one attached hydrogen (secondary N) is 2. The summed E-state index contributed by atoms with van der Waals surface area (Å²) in [6.07, 6.45) is 0. The summed E-state index contributed by atoms with van der Waals surface area (Å²) in [5.41, 5.74) is 5.16. The van der Waals surface area contributed by atoms with E-state index in [1.165, 1.54) is 16.2 Å². The van der Waals surface area contributed by atoms with Gasteiger partial charge in [0.2, 0.25) is 5.78 Å². The lowest BCUT2D eigenvalue weighted by molar-refractivity contribution is -0.914. The number of aromatic amines is 1. The topological polar surface area (TPSA) is 57.6 Å². The highest BCUT2D eigenvalue weighted by Gasteiger charge is 2.32. The van der Waals surface area contributed by atoms with Crippen LogP contribution in [0, 0.1) is 20.8 Å². The number of H-pyrrole nitrogens is 1. The molecule has 0 radical (unpaired) electrons. The van der Waals surface area contributed by atoms with Crippen LogP contribution in [0.5, 0.6) is 0 Å². The van der Waals surface area contributed by atoms with Crippen LogP contribution in [0.15, 0.2) is 18.2 Å². The van der Waals surface area contributed by atoms with Gasteiger partial charge >= 0.3 is 0 Å². The number of halogens is 1. The fourth-order valence-electron chi connectivity index (χ4n) is 4.32. The summed E-state index contributed by atoms with van der Waals surface area (Å²) >= 11 is 6.17. The molecule has 3 rings (SSSR count). The number of piperazine rings is 1. The maximum Gasteiger partial charge on any atom is 0.235 e. The van der Waals surface area contributed by atoms with Crippen LogP contribution in [0.4, 0.5) is 5.69 Å². The molecule has 1 saturated heterocycles. The molecule has 28 heavy (non-hydrogen) atoms. The lowest BCUT2D eigenvalue weighted by Gasteiger charge is -2.36. The highest BCUT2D eigenvalue weighted by atomic mass is 35.5. The fourth-order valence-corrected chi connectivity index (χ4v) is 4.48. The lowest BCUT2D eigenvalue weighted by Crippen LogP contribution is -3.18. The molecule has 0 bridgehead atoms. The van der Waals surface area contributed by atoms with Gasteiger partial charge in [-0.2, -0.15) is 0 Å². The number of carbonyl (C=O) groups excluding carboxylic acids is 2. The maximum absolute atomic E-state index is 13.1. The molecule has 2 aromatic rings. The summed E-state index contributed by atoms with van der Waals surface area (Å²) in [5.74, 6) is 0.0753. The van der Waals surface area contributed by atoms with Gasteiger partial charge in [-0.05, 0) is 57.9 Å². The van der Waals surface area contributed by atoms with Crippen LogP contribution >= 0.6 is 11.6 Å². The van der Waals surface area contributed by atoms with Crippen LogP contribution in [0.25, 0.3) is 0 Å². The molecule has 150 valence electrons. The Hall–Kier alpha value is -2.11. The Bertz CT molecular complexity index is 911. The molecule has 0 unspecified atom stereocenters. The monoisotopic (exact) mass is 402 g/mol. The lowest BCUT2D eigenvalue weighted by atomic mass is 10.0. The summed E-state index contributed by atoms with van der Waals surface area (Å²) in [6, 6.07) is 5.83. The van der Waals surface area contributed by atoms with Crippen LogP contribution in [-0.2, 0) is 0 Å². The van der Waals surface area contributed by atoms with Gasteiger partial charge in [-0.1, -0.05) is 17.7 Å². The first-order valence-electron chi connectivity index (χ1n) is 9.80. The van der Waals surface area contributed by atoms with Crippen LogP contribution in [-0.4, -0.2) is 48.8 Å². The van der Waals surface area contributed by atoms with Gasteiger partial charge < -0.3 is 14.8 Å². The number of hydrogen-bond acceptors (Lipinski definition) is 3. The van der Waals surface area contributed by atoms with Crippen molar-refractivity contribution in [2.45, 2.75) is 40.7 Å². The molecule has 1 aromatic heterocycles. The summed E-state index contributed by atoms with van der Waals surface area (Å²) in [6.45, 7) is 12.9. The van der Waals surface area contributed by atoms with Crippen LogP contribution < -0.4 is 9.80 Å². The Balaban J connectivity index is 1.71. The number of carbonyl (C=O) groups is 2. The average molecular weight is 403 g/mol. The first kappa shape index (κ1) is 20.6. The van der Waals surface area contributed by atoms with Crippen molar-refractivity contribution in [1.82, 2.24) is 4.98 Å². The highest BCUT2D eigenvalue weighted by molar-refractivity contribution is 6.30. The Labute approximate surface area is 171 Å². The van der Waals surface area contributed by atoms with Crippen LogP contribution in [0.1, 0.15) is 51.5 Å². The summed E-state index contributed by atoms with van der Waals surface area (Å²) in [5, 5.41) is 0.748. The molecule has 1 aromatic carbocycles. The van der Waals surface area contributed by atoms with E-state index in [4.69, 9.17) is 11.6 Å². The number of ketones is 2. The number of rotatable bonds is 5. The molecule has 6 heteroatoms. The molecular formula is C22H29ClN3O2+. The van der Waals surface area contributed by atoms with E-state index in [0.29, 0.717) is 11.3 Å². The smallest absolute Gasteiger partial charge is 0.235 e. The van der Waals surface area contributed by atoms with Gasteiger partial charge in [-0.15, -0.1) is 0 Å². The maximum atomic E-state index is 13.1. The predicted molar refractivity (Wildman–Crippen MR) is 113 cm³/mol. The first-order valence-corrected chi connectivity index (χ1v) is 10.2. The minimum absolute atomic E-state index is 0.00388. The second kappa shape index (κ2) is 8.10. The van der Waals surface area contributed by atoms with Gasteiger partial charge in [-0.25, -0.2) is 0 Å². The molecule has 1 fully saturated rings. The van der Waals surface area contributed by atoms with Crippen LogP contribution in [0.2, 0.25) is 5.02 Å². The van der Waals surface area contributed by atoms with E-state index in [0.717, 1.165) is 42.5 Å². The third kappa shape index (κ3) is 3.87. The SMILES string of the molecule is CC(=O)c1c(C)[nH]c(C(=O)[C@@H](C)[NH+]2CCN(c3cc(Cl)ccc3C)CC2)c1C. The van der Waals surface area contributed by atoms with Crippen molar-refractivity contribution in [3.8, 4) is 0 Å². The molecule has 1 atom stereocenters. The Morgan fingerprint density at radius 3 is 2.39 bits per heavy atom. The predicted octanol–water partition coefficient (Wildman–Crippen LogP) is 2.77. The fraction of sp³-hybridized carbons (Fsp3) is 0.455. The van der Waals surface area contributed by atoms with Crippen molar-refractivity contribution in [3.63, 3.8) is 0 Å². The largest absolute Gasteiger partial charge is 0.360 e. The Morgan fingerprint density at radius 2 is 1.82 bits per heavy atom. The van der Waals surface area contributed by atoms with Gasteiger partial charge in [0.25, 0.3) is 0 Å². The normalized spacial score (nSPS) is 16.3. The van der Waals surface area contributed by atoms with E-state index in [-0.39, 0.29) is 17.6 Å². The zero-order chi connectivity index (χ0) is 20.6. The molecule has 5 nitrogen and oxygen atoms in total. The summed E-state index contributed by atoms with van der Waals surface area (Å²) in [7, 11) is 0. The minimum Gasteiger partial charge on any atom is -0.360 e. The van der Waals surface area contributed by atoms with Crippen molar-refractivity contribution in [3.05, 3.63) is 51.3 Å². The third-order valence-corrected chi connectivity index (χ3v) is 6.19. The summed E-state index contributed by atoms with van der Waals surface area (Å²) in [4.78, 5) is 31.7. The van der Waals surface area contributed by atoms with Crippen LogP contribution in [0.3, 0.4) is 0 Å². The summed E-state index contributed by atoms with van der Waals surface area (Å²) < 4.78 is 0. The van der Waals surface area contributed by atoms with Gasteiger partial charge in [0, 0.05) is 22.0 Å². The number of aromatic nitrogens is 1. The second-order valence-corrected chi connectivity index (χ2v) is 8.28. The molecule has 0 aliphatic carbocycles. The quantitative estimate of drug-likeness (QED) is 0.756. The van der Waals surface area contributed by atoms with E-state index < -0.39 is 0 Å². The number of nitrogens with zero attached hydrogens (tertiary/aromatic N) is 1. The zero-order valence-corrected chi connectivity index (χ0v) is 18.0. The molecule has 1 aliphatic heterocycles. The average Bonchev–Trinajstić information content (AvgIpc) is 2.97. The van der Waals surface area contributed by atoms with E-state index >= 15 is 0 Å². The minimum atomic E-state index is -0.154. The van der Waals surface area contributed by atoms with Gasteiger partial charge in [-0.3, -0.25) is 9.59 Å². The molecule has 1 aliphatic rings. The Kier molecular flexibility index (Phi) is 5.96. The van der Waals surface area contributed by atoms with E-state index in [1.54, 1.807) is 6.92 Å². The molecular weight excluding hydrogens is 374 g/mol. The van der Waals surface area contributed by atoms with Crippen molar-refractivity contribution in [1.29, 1.82) is 0 Å². The number of hydrogen-bond donors (Lipinski definition) is 2. The standard InChI is InChI=1S/C22H28ClN3O2/c1-13-6-7-18(23)12-19(13)26-10-8-25(9-11-26)16(4)22(28)21-14(2)20(17(5)27)15(3)24-21/h6-7,12,16,24H,8-11H2,1-5H3/p+1/t16-/m1/s1. The van der Waals surface area contributed by atoms with Gasteiger partial charge in [0.1, 0.15) is 0 Å². The van der Waals surface area contributed by atoms with Gasteiger partial charge in [0.05, 0.1) is 31.9 Å². The third-order valence-electron chi connectivity index (χ3n) is 5.96. The highest BCUT2D eigenvalue weighted by Crippen LogP contribution is 2.24. The zero-order valence-electron chi connectivity index (χ0n) is 17.3. The van der Waals surface area contributed by atoms with Crippen molar-refractivity contribution >= 4 is 28.9 Å². The molecule has 0 saturated carbocycles. The Morgan fingerprint density at radius 1 is 1.18 bits per heavy atom. The second-order valence-electron chi connectivity index (χ2n) is 7.84.